The monoisotopic (exact) mass is 249 g/mol. The first-order valence-electron chi connectivity index (χ1n) is 7.03. The van der Waals surface area contributed by atoms with Crippen molar-refractivity contribution in [1.82, 2.24) is 0 Å². The van der Waals surface area contributed by atoms with Gasteiger partial charge in [0, 0.05) is 24.2 Å². The Kier molecular flexibility index (Phi) is 5.67. The first-order chi connectivity index (χ1) is 8.60. The molecule has 2 nitrogen and oxygen atoms in total. The number of aryl methyl sites for hydroxylation is 1. The van der Waals surface area contributed by atoms with Crippen LogP contribution in [-0.2, 0) is 0 Å². The van der Waals surface area contributed by atoms with Crippen LogP contribution in [0.2, 0.25) is 0 Å². The molecule has 2 heteroatoms. The maximum atomic E-state index is 9.69. The van der Waals surface area contributed by atoms with Crippen molar-refractivity contribution >= 4 is 5.69 Å². The lowest BCUT2D eigenvalue weighted by atomic mass is 9.82. The standard InChI is InChI=1S/C16H27NO/c1-5-16(6-2,13-18)12-17(7-3)15-10-8-14(4)9-11-15/h8-11,18H,5-7,12-13H2,1-4H3. The van der Waals surface area contributed by atoms with Crippen LogP contribution in [0.25, 0.3) is 0 Å². The number of anilines is 1. The number of hydrogen-bond acceptors (Lipinski definition) is 2. The summed E-state index contributed by atoms with van der Waals surface area (Å²) < 4.78 is 0. The molecular formula is C16H27NO. The fourth-order valence-electron chi connectivity index (χ4n) is 2.29. The van der Waals surface area contributed by atoms with Crippen LogP contribution in [0.3, 0.4) is 0 Å². The first-order valence-corrected chi connectivity index (χ1v) is 7.03. The van der Waals surface area contributed by atoms with E-state index in [-0.39, 0.29) is 12.0 Å². The van der Waals surface area contributed by atoms with E-state index in [4.69, 9.17) is 0 Å². The fraction of sp³-hybridized carbons (Fsp3) is 0.625. The number of hydrogen-bond donors (Lipinski definition) is 1. The average molecular weight is 249 g/mol. The highest BCUT2D eigenvalue weighted by atomic mass is 16.3. The molecule has 0 aliphatic carbocycles. The van der Waals surface area contributed by atoms with Gasteiger partial charge in [0.05, 0.1) is 6.61 Å². The second-order valence-electron chi connectivity index (χ2n) is 5.21. The highest BCUT2D eigenvalue weighted by Crippen LogP contribution is 2.29. The Labute approximate surface area is 112 Å². The summed E-state index contributed by atoms with van der Waals surface area (Å²) in [6.45, 7) is 10.8. The van der Waals surface area contributed by atoms with E-state index in [1.165, 1.54) is 11.3 Å². The van der Waals surface area contributed by atoms with Crippen LogP contribution in [0.5, 0.6) is 0 Å². The molecule has 0 saturated carbocycles. The lowest BCUT2D eigenvalue weighted by molar-refractivity contribution is 0.120. The number of aliphatic hydroxyl groups excluding tert-OH is 1. The summed E-state index contributed by atoms with van der Waals surface area (Å²) in [5.74, 6) is 0. The zero-order valence-electron chi connectivity index (χ0n) is 12.2. The van der Waals surface area contributed by atoms with Gasteiger partial charge in [-0.3, -0.25) is 0 Å². The number of nitrogens with zero attached hydrogens (tertiary/aromatic N) is 1. The predicted molar refractivity (Wildman–Crippen MR) is 79.2 cm³/mol. The molecule has 0 aliphatic rings. The highest BCUT2D eigenvalue weighted by molar-refractivity contribution is 5.47. The van der Waals surface area contributed by atoms with Crippen LogP contribution in [0, 0.1) is 12.3 Å². The van der Waals surface area contributed by atoms with Crippen molar-refractivity contribution in [3.05, 3.63) is 29.8 Å². The Balaban J connectivity index is 2.86. The van der Waals surface area contributed by atoms with Gasteiger partial charge in [0.15, 0.2) is 0 Å². The first kappa shape index (κ1) is 15.0. The SMILES string of the molecule is CCN(CC(CC)(CC)CO)c1ccc(C)cc1. The Morgan fingerprint density at radius 2 is 1.61 bits per heavy atom. The van der Waals surface area contributed by atoms with Gasteiger partial charge >= 0.3 is 0 Å². The molecule has 1 aromatic rings. The Morgan fingerprint density at radius 1 is 1.06 bits per heavy atom. The maximum Gasteiger partial charge on any atom is 0.0504 e. The van der Waals surface area contributed by atoms with Crippen LogP contribution >= 0.6 is 0 Å². The van der Waals surface area contributed by atoms with Crippen molar-refractivity contribution < 1.29 is 5.11 Å². The van der Waals surface area contributed by atoms with Crippen molar-refractivity contribution in [2.75, 3.05) is 24.6 Å². The van der Waals surface area contributed by atoms with Crippen molar-refractivity contribution in [2.45, 2.75) is 40.5 Å². The van der Waals surface area contributed by atoms with E-state index in [1.54, 1.807) is 0 Å². The van der Waals surface area contributed by atoms with Crippen LogP contribution in [-0.4, -0.2) is 24.8 Å². The molecule has 1 aromatic carbocycles. The zero-order chi connectivity index (χ0) is 13.6. The molecule has 0 radical (unpaired) electrons. The van der Waals surface area contributed by atoms with E-state index >= 15 is 0 Å². The van der Waals surface area contributed by atoms with Gasteiger partial charge in [-0.25, -0.2) is 0 Å². The largest absolute Gasteiger partial charge is 0.396 e. The molecule has 0 atom stereocenters. The summed E-state index contributed by atoms with van der Waals surface area (Å²) in [5, 5.41) is 9.69. The molecule has 0 fully saturated rings. The van der Waals surface area contributed by atoms with E-state index in [1.807, 2.05) is 0 Å². The fourth-order valence-corrected chi connectivity index (χ4v) is 2.29. The molecule has 0 amide bonds. The third-order valence-corrected chi connectivity index (χ3v) is 4.14. The zero-order valence-corrected chi connectivity index (χ0v) is 12.2. The maximum absolute atomic E-state index is 9.69. The van der Waals surface area contributed by atoms with Gasteiger partial charge in [0.25, 0.3) is 0 Å². The molecule has 0 saturated heterocycles. The van der Waals surface area contributed by atoms with E-state index in [2.05, 4.69) is 56.9 Å². The van der Waals surface area contributed by atoms with E-state index in [0.717, 1.165) is 25.9 Å². The lowest BCUT2D eigenvalue weighted by Gasteiger charge is -2.36. The number of benzene rings is 1. The summed E-state index contributed by atoms with van der Waals surface area (Å²) in [7, 11) is 0. The van der Waals surface area contributed by atoms with Gasteiger partial charge in [-0.15, -0.1) is 0 Å². The van der Waals surface area contributed by atoms with Gasteiger partial charge in [-0.2, -0.15) is 0 Å². The van der Waals surface area contributed by atoms with Crippen LogP contribution in [0.4, 0.5) is 5.69 Å². The molecule has 0 aromatic heterocycles. The molecule has 0 spiro atoms. The molecule has 0 heterocycles. The topological polar surface area (TPSA) is 23.5 Å². The minimum Gasteiger partial charge on any atom is -0.396 e. The number of rotatable bonds is 7. The van der Waals surface area contributed by atoms with E-state index in [9.17, 15) is 5.11 Å². The quantitative estimate of drug-likeness (QED) is 0.798. The summed E-state index contributed by atoms with van der Waals surface area (Å²) in [4.78, 5) is 2.36. The van der Waals surface area contributed by atoms with Crippen LogP contribution in [0.15, 0.2) is 24.3 Å². The molecule has 0 bridgehead atoms. The predicted octanol–water partition coefficient (Wildman–Crippen LogP) is 3.62. The summed E-state index contributed by atoms with van der Waals surface area (Å²) in [6, 6.07) is 8.64. The lowest BCUT2D eigenvalue weighted by Crippen LogP contribution is -2.39. The van der Waals surface area contributed by atoms with Gasteiger partial charge in [0.2, 0.25) is 0 Å². The van der Waals surface area contributed by atoms with Gasteiger partial charge in [-0.05, 0) is 38.8 Å². The van der Waals surface area contributed by atoms with Gasteiger partial charge in [-0.1, -0.05) is 31.5 Å². The molecule has 0 unspecified atom stereocenters. The summed E-state index contributed by atoms with van der Waals surface area (Å²) in [6.07, 6.45) is 2.03. The van der Waals surface area contributed by atoms with Gasteiger partial charge in [0.1, 0.15) is 0 Å². The van der Waals surface area contributed by atoms with Crippen molar-refractivity contribution in [3.8, 4) is 0 Å². The second-order valence-corrected chi connectivity index (χ2v) is 5.21. The molecule has 1 N–H and O–H groups in total. The molecule has 1 rings (SSSR count). The molecule has 18 heavy (non-hydrogen) atoms. The summed E-state index contributed by atoms with van der Waals surface area (Å²) in [5.41, 5.74) is 2.57. The minimum absolute atomic E-state index is 0.0287. The molecular weight excluding hydrogens is 222 g/mol. The van der Waals surface area contributed by atoms with E-state index in [0.29, 0.717) is 0 Å². The third-order valence-electron chi connectivity index (χ3n) is 4.14. The van der Waals surface area contributed by atoms with Crippen LogP contribution < -0.4 is 4.90 Å². The molecule has 102 valence electrons. The van der Waals surface area contributed by atoms with E-state index < -0.39 is 0 Å². The van der Waals surface area contributed by atoms with Crippen molar-refractivity contribution in [2.24, 2.45) is 5.41 Å². The smallest absolute Gasteiger partial charge is 0.0504 e. The van der Waals surface area contributed by atoms with Crippen molar-refractivity contribution in [3.63, 3.8) is 0 Å². The Morgan fingerprint density at radius 3 is 2.00 bits per heavy atom. The molecule has 0 aliphatic heterocycles. The average Bonchev–Trinajstić information content (AvgIpc) is 2.42. The van der Waals surface area contributed by atoms with Crippen LogP contribution in [0.1, 0.15) is 39.2 Å². The normalized spacial score (nSPS) is 11.6. The minimum atomic E-state index is 0.0287. The van der Waals surface area contributed by atoms with Gasteiger partial charge < -0.3 is 10.0 Å². The Hall–Kier alpha value is -1.02. The summed E-state index contributed by atoms with van der Waals surface area (Å²) >= 11 is 0. The highest BCUT2D eigenvalue weighted by Gasteiger charge is 2.27. The number of aliphatic hydroxyl groups is 1. The van der Waals surface area contributed by atoms with Crippen molar-refractivity contribution in [1.29, 1.82) is 0 Å². The Bertz CT molecular complexity index is 332. The second kappa shape index (κ2) is 6.79. The third kappa shape index (κ3) is 3.49.